The number of rotatable bonds is 6. The highest BCUT2D eigenvalue weighted by atomic mass is 35.5. The molecule has 0 spiro atoms. The van der Waals surface area contributed by atoms with Gasteiger partial charge < -0.3 is 10.4 Å². The van der Waals surface area contributed by atoms with Crippen LogP contribution in [0.15, 0.2) is 60.9 Å². The van der Waals surface area contributed by atoms with Gasteiger partial charge in [-0.2, -0.15) is 0 Å². The minimum absolute atomic E-state index is 0.0484. The Bertz CT molecular complexity index is 851. The van der Waals surface area contributed by atoms with Gasteiger partial charge in [-0.05, 0) is 17.2 Å². The second-order valence-electron chi connectivity index (χ2n) is 5.49. The molecule has 2 N–H and O–H groups in total. The summed E-state index contributed by atoms with van der Waals surface area (Å²) < 4.78 is 1.45. The molecular weight excluding hydrogens is 340 g/mol. The number of benzene rings is 2. The van der Waals surface area contributed by atoms with Crippen LogP contribution in [0, 0.1) is 0 Å². The fourth-order valence-corrected chi connectivity index (χ4v) is 2.54. The molecule has 128 valence electrons. The lowest BCUT2D eigenvalue weighted by Gasteiger charge is -2.10. The predicted octanol–water partition coefficient (Wildman–Crippen LogP) is 2.60. The number of nitrogens with one attached hydrogen (secondary N) is 1. The molecular formula is C18H17ClN4O2. The Labute approximate surface area is 150 Å². The van der Waals surface area contributed by atoms with E-state index in [1.54, 1.807) is 6.07 Å². The van der Waals surface area contributed by atoms with Crippen molar-refractivity contribution < 1.29 is 9.90 Å². The Morgan fingerprint density at radius 3 is 2.64 bits per heavy atom. The van der Waals surface area contributed by atoms with Crippen LogP contribution in [0.4, 0.5) is 0 Å². The van der Waals surface area contributed by atoms with Gasteiger partial charge in [0.1, 0.15) is 6.33 Å². The molecule has 7 heteroatoms. The van der Waals surface area contributed by atoms with Gasteiger partial charge in [-0.3, -0.25) is 4.79 Å². The van der Waals surface area contributed by atoms with Crippen LogP contribution in [0.25, 0.3) is 0 Å². The van der Waals surface area contributed by atoms with Crippen LogP contribution in [-0.4, -0.2) is 25.8 Å². The maximum Gasteiger partial charge on any atom is 0.291 e. The van der Waals surface area contributed by atoms with E-state index in [9.17, 15) is 9.90 Å². The van der Waals surface area contributed by atoms with Crippen LogP contribution < -0.4 is 5.32 Å². The first-order valence-electron chi connectivity index (χ1n) is 7.77. The zero-order valence-corrected chi connectivity index (χ0v) is 14.1. The van der Waals surface area contributed by atoms with Gasteiger partial charge in [-0.15, -0.1) is 5.10 Å². The maximum atomic E-state index is 12.1. The first-order valence-corrected chi connectivity index (χ1v) is 8.15. The van der Waals surface area contributed by atoms with Gasteiger partial charge in [-0.1, -0.05) is 60.1 Å². The first-order chi connectivity index (χ1) is 12.1. The Kier molecular flexibility index (Phi) is 5.42. The first kappa shape index (κ1) is 17.1. The van der Waals surface area contributed by atoms with E-state index in [-0.39, 0.29) is 12.4 Å². The molecule has 3 aromatic rings. The van der Waals surface area contributed by atoms with Crippen molar-refractivity contribution >= 4 is 17.5 Å². The lowest BCUT2D eigenvalue weighted by atomic mass is 10.1. The van der Waals surface area contributed by atoms with Crippen molar-refractivity contribution in [2.75, 3.05) is 0 Å². The van der Waals surface area contributed by atoms with Crippen LogP contribution >= 0.6 is 11.6 Å². The van der Waals surface area contributed by atoms with E-state index in [4.69, 9.17) is 11.6 Å². The molecule has 0 unspecified atom stereocenters. The number of halogens is 1. The maximum absolute atomic E-state index is 12.1. The van der Waals surface area contributed by atoms with E-state index in [2.05, 4.69) is 15.4 Å². The normalized spacial score (nSPS) is 11.9. The van der Waals surface area contributed by atoms with Crippen molar-refractivity contribution in [2.45, 2.75) is 19.2 Å². The van der Waals surface area contributed by atoms with Crippen LogP contribution in [-0.2, 0) is 13.1 Å². The van der Waals surface area contributed by atoms with Gasteiger partial charge in [0.15, 0.2) is 0 Å². The summed E-state index contributed by atoms with van der Waals surface area (Å²) in [4.78, 5) is 16.1. The quantitative estimate of drug-likeness (QED) is 0.711. The van der Waals surface area contributed by atoms with E-state index in [1.165, 1.54) is 11.0 Å². The van der Waals surface area contributed by atoms with Crippen LogP contribution in [0.5, 0.6) is 0 Å². The van der Waals surface area contributed by atoms with Crippen molar-refractivity contribution in [2.24, 2.45) is 0 Å². The molecule has 0 aliphatic rings. The summed E-state index contributed by atoms with van der Waals surface area (Å²) in [6, 6.07) is 16.5. The third kappa shape index (κ3) is 4.43. The predicted molar refractivity (Wildman–Crippen MR) is 94.0 cm³/mol. The second-order valence-corrected chi connectivity index (χ2v) is 5.90. The summed E-state index contributed by atoms with van der Waals surface area (Å²) in [5, 5.41) is 17.6. The third-order valence-corrected chi connectivity index (χ3v) is 4.05. The summed E-state index contributed by atoms with van der Waals surface area (Å²) in [5.74, 6) is -0.347. The lowest BCUT2D eigenvalue weighted by Crippen LogP contribution is -2.24. The molecule has 6 nitrogen and oxygen atoms in total. The zero-order valence-electron chi connectivity index (χ0n) is 13.3. The van der Waals surface area contributed by atoms with Crippen LogP contribution in [0.1, 0.15) is 27.8 Å². The summed E-state index contributed by atoms with van der Waals surface area (Å²) in [7, 11) is 0. The number of aliphatic hydroxyl groups excluding tert-OH is 1. The Morgan fingerprint density at radius 1 is 1.16 bits per heavy atom. The second kappa shape index (κ2) is 7.92. The van der Waals surface area contributed by atoms with Gasteiger partial charge in [0.2, 0.25) is 5.82 Å². The number of nitrogens with zero attached hydrogens (tertiary/aromatic N) is 3. The van der Waals surface area contributed by atoms with Crippen molar-refractivity contribution in [3.8, 4) is 0 Å². The molecule has 1 heterocycles. The molecule has 0 aliphatic carbocycles. The highest BCUT2D eigenvalue weighted by Gasteiger charge is 2.14. The summed E-state index contributed by atoms with van der Waals surface area (Å²) >= 11 is 6.06. The summed E-state index contributed by atoms with van der Waals surface area (Å²) in [5.41, 5.74) is 1.60. The molecule has 2 aromatic carbocycles. The topological polar surface area (TPSA) is 80.0 Å². The highest BCUT2D eigenvalue weighted by Crippen LogP contribution is 2.15. The van der Waals surface area contributed by atoms with Gasteiger partial charge >= 0.3 is 0 Å². The van der Waals surface area contributed by atoms with Crippen molar-refractivity contribution in [1.29, 1.82) is 0 Å². The Hall–Kier alpha value is -2.70. The van der Waals surface area contributed by atoms with Gasteiger partial charge in [0.05, 0.1) is 12.6 Å². The van der Waals surface area contributed by atoms with E-state index < -0.39 is 12.0 Å². The number of hydrogen-bond acceptors (Lipinski definition) is 4. The fourth-order valence-electron chi connectivity index (χ4n) is 2.34. The number of aromatic nitrogens is 3. The standard InChI is InChI=1S/C18H17ClN4O2/c19-15-9-5-4-8-14(15)10-20-18(25)17-21-12-23(22-17)11-16(24)13-6-2-1-3-7-13/h1-9,12,16,24H,10-11H2,(H,20,25)/t16-/m1/s1. The van der Waals surface area contributed by atoms with E-state index in [0.29, 0.717) is 11.6 Å². The number of aliphatic hydroxyl groups is 1. The number of hydrogen-bond donors (Lipinski definition) is 2. The smallest absolute Gasteiger partial charge is 0.291 e. The van der Waals surface area contributed by atoms with Gasteiger partial charge in [0.25, 0.3) is 5.91 Å². The van der Waals surface area contributed by atoms with Crippen LogP contribution in [0.3, 0.4) is 0 Å². The van der Waals surface area contributed by atoms with E-state index >= 15 is 0 Å². The highest BCUT2D eigenvalue weighted by molar-refractivity contribution is 6.31. The van der Waals surface area contributed by atoms with Crippen molar-refractivity contribution in [1.82, 2.24) is 20.1 Å². The average Bonchev–Trinajstić information content (AvgIpc) is 3.10. The summed E-state index contributed by atoms with van der Waals surface area (Å²) in [6.07, 6.45) is 0.707. The SMILES string of the molecule is O=C(NCc1ccccc1Cl)c1ncn(C[C@@H](O)c2ccccc2)n1. The van der Waals surface area contributed by atoms with Crippen LogP contribution in [0.2, 0.25) is 5.02 Å². The largest absolute Gasteiger partial charge is 0.386 e. The van der Waals surface area contributed by atoms with Gasteiger partial charge in [-0.25, -0.2) is 9.67 Å². The third-order valence-electron chi connectivity index (χ3n) is 3.68. The molecule has 1 atom stereocenters. The molecule has 1 aromatic heterocycles. The van der Waals surface area contributed by atoms with E-state index in [1.807, 2.05) is 48.5 Å². The molecule has 3 rings (SSSR count). The minimum atomic E-state index is -0.720. The molecule has 0 fully saturated rings. The number of carbonyl (C=O) groups is 1. The zero-order chi connectivity index (χ0) is 17.6. The molecule has 0 bridgehead atoms. The Balaban J connectivity index is 1.59. The van der Waals surface area contributed by atoms with Gasteiger partial charge in [0, 0.05) is 11.6 Å². The monoisotopic (exact) mass is 356 g/mol. The van der Waals surface area contributed by atoms with Crippen molar-refractivity contribution in [3.05, 3.63) is 82.9 Å². The summed E-state index contributed by atoms with van der Waals surface area (Å²) in [6.45, 7) is 0.508. The Morgan fingerprint density at radius 2 is 1.88 bits per heavy atom. The fraction of sp³-hybridized carbons (Fsp3) is 0.167. The lowest BCUT2D eigenvalue weighted by molar-refractivity contribution is 0.0938. The molecule has 0 aliphatic heterocycles. The average molecular weight is 357 g/mol. The molecule has 0 radical (unpaired) electrons. The number of carbonyl (C=O) groups excluding carboxylic acids is 1. The minimum Gasteiger partial charge on any atom is -0.386 e. The molecule has 1 amide bonds. The molecule has 0 saturated carbocycles. The molecule has 0 saturated heterocycles. The molecule has 25 heavy (non-hydrogen) atoms. The van der Waals surface area contributed by atoms with E-state index in [0.717, 1.165) is 11.1 Å². The van der Waals surface area contributed by atoms with Crippen molar-refractivity contribution in [3.63, 3.8) is 0 Å². The number of amides is 1.